The summed E-state index contributed by atoms with van der Waals surface area (Å²) in [5.74, 6) is 0.207. The van der Waals surface area contributed by atoms with Gasteiger partial charge in [-0.15, -0.1) is 0 Å². The van der Waals surface area contributed by atoms with E-state index in [1.54, 1.807) is 18.2 Å². The van der Waals surface area contributed by atoms with Gasteiger partial charge in [-0.1, -0.05) is 49.1 Å². The molecule has 0 atom stereocenters. The van der Waals surface area contributed by atoms with E-state index in [1.165, 1.54) is 0 Å². The van der Waals surface area contributed by atoms with Gasteiger partial charge in [0.25, 0.3) is 0 Å². The molecule has 1 rings (SSSR count). The van der Waals surface area contributed by atoms with Crippen molar-refractivity contribution in [1.29, 1.82) is 0 Å². The Morgan fingerprint density at radius 3 is 2.54 bits per heavy atom. The summed E-state index contributed by atoms with van der Waals surface area (Å²) in [6.07, 6.45) is 6.57. The Hall–Kier alpha value is -1.76. The topological polar surface area (TPSA) is 20.2 Å². The third kappa shape index (κ3) is 3.43. The summed E-state index contributed by atoms with van der Waals surface area (Å²) in [7, 11) is 0. The fourth-order valence-corrected chi connectivity index (χ4v) is 0.922. The number of hydrogen-bond acceptors (Lipinski definition) is 1. The van der Waals surface area contributed by atoms with Crippen LogP contribution in [0.5, 0.6) is 0 Å². The first-order valence-corrected chi connectivity index (χ1v) is 4.08. The Morgan fingerprint density at radius 1 is 1.23 bits per heavy atom. The van der Waals surface area contributed by atoms with E-state index in [-0.39, 0.29) is 5.76 Å². The standard InChI is InChI=1S/C12H12O/c1-2-6-12(13)10-9-11-7-4-3-5-8-11/h2-10,13H,1H2/b10-9-,12-6+. The maximum Gasteiger partial charge on any atom is 0.115 e. The molecule has 1 nitrogen and oxygen atoms in total. The quantitative estimate of drug-likeness (QED) is 0.547. The van der Waals surface area contributed by atoms with Gasteiger partial charge in [0.1, 0.15) is 5.76 Å². The van der Waals surface area contributed by atoms with Crippen LogP contribution in [0, 0.1) is 0 Å². The van der Waals surface area contributed by atoms with E-state index in [0.717, 1.165) is 5.56 Å². The minimum absolute atomic E-state index is 0.207. The first kappa shape index (κ1) is 9.33. The molecule has 1 heteroatoms. The molecule has 0 aliphatic rings. The molecule has 0 spiro atoms. The van der Waals surface area contributed by atoms with E-state index in [1.807, 2.05) is 36.4 Å². The Bertz CT molecular complexity index is 320. The van der Waals surface area contributed by atoms with Gasteiger partial charge < -0.3 is 5.11 Å². The minimum Gasteiger partial charge on any atom is -0.508 e. The van der Waals surface area contributed by atoms with E-state index in [2.05, 4.69) is 6.58 Å². The van der Waals surface area contributed by atoms with Crippen LogP contribution in [0.3, 0.4) is 0 Å². The first-order chi connectivity index (χ1) is 6.33. The second-order valence-electron chi connectivity index (χ2n) is 2.57. The molecule has 0 saturated heterocycles. The number of aliphatic hydroxyl groups excluding tert-OH is 1. The molecule has 1 aromatic carbocycles. The highest BCUT2D eigenvalue weighted by atomic mass is 16.3. The summed E-state index contributed by atoms with van der Waals surface area (Å²) in [6.45, 7) is 3.49. The maximum atomic E-state index is 9.21. The van der Waals surface area contributed by atoms with Gasteiger partial charge in [-0.25, -0.2) is 0 Å². The number of aliphatic hydroxyl groups is 1. The van der Waals surface area contributed by atoms with Crippen molar-refractivity contribution in [2.24, 2.45) is 0 Å². The lowest BCUT2D eigenvalue weighted by atomic mass is 10.2. The molecule has 0 saturated carbocycles. The van der Waals surface area contributed by atoms with E-state index in [9.17, 15) is 5.11 Å². The molecule has 0 bridgehead atoms. The average Bonchev–Trinajstić information content (AvgIpc) is 2.17. The maximum absolute atomic E-state index is 9.21. The van der Waals surface area contributed by atoms with Crippen molar-refractivity contribution in [3.63, 3.8) is 0 Å². The molecule has 0 unspecified atom stereocenters. The summed E-state index contributed by atoms with van der Waals surface area (Å²) in [5.41, 5.74) is 1.06. The smallest absolute Gasteiger partial charge is 0.115 e. The molecule has 0 aliphatic heterocycles. The van der Waals surface area contributed by atoms with Gasteiger partial charge in [0.05, 0.1) is 0 Å². The normalized spacial score (nSPS) is 11.8. The van der Waals surface area contributed by atoms with Crippen LogP contribution in [0.25, 0.3) is 6.08 Å². The lowest BCUT2D eigenvalue weighted by molar-refractivity contribution is 0.433. The van der Waals surface area contributed by atoms with Gasteiger partial charge >= 0.3 is 0 Å². The van der Waals surface area contributed by atoms with Crippen molar-refractivity contribution in [1.82, 2.24) is 0 Å². The van der Waals surface area contributed by atoms with Gasteiger partial charge in [0.15, 0.2) is 0 Å². The van der Waals surface area contributed by atoms with Crippen molar-refractivity contribution in [3.8, 4) is 0 Å². The van der Waals surface area contributed by atoms with Gasteiger partial charge in [-0.3, -0.25) is 0 Å². The molecular weight excluding hydrogens is 160 g/mol. The van der Waals surface area contributed by atoms with Crippen LogP contribution in [0.2, 0.25) is 0 Å². The highest BCUT2D eigenvalue weighted by Crippen LogP contribution is 2.03. The van der Waals surface area contributed by atoms with Crippen LogP contribution in [0.1, 0.15) is 5.56 Å². The molecule has 66 valence electrons. The molecule has 0 fully saturated rings. The van der Waals surface area contributed by atoms with Gasteiger partial charge in [0, 0.05) is 0 Å². The van der Waals surface area contributed by atoms with Crippen molar-refractivity contribution in [3.05, 3.63) is 66.5 Å². The number of rotatable bonds is 3. The summed E-state index contributed by atoms with van der Waals surface area (Å²) < 4.78 is 0. The number of allylic oxidation sites excluding steroid dienone is 3. The molecule has 0 aliphatic carbocycles. The van der Waals surface area contributed by atoms with E-state index < -0.39 is 0 Å². The molecule has 1 N–H and O–H groups in total. The van der Waals surface area contributed by atoms with Crippen LogP contribution < -0.4 is 0 Å². The van der Waals surface area contributed by atoms with E-state index in [0.29, 0.717) is 0 Å². The predicted octanol–water partition coefficient (Wildman–Crippen LogP) is 3.33. The van der Waals surface area contributed by atoms with Gasteiger partial charge in [-0.2, -0.15) is 0 Å². The Morgan fingerprint density at radius 2 is 1.92 bits per heavy atom. The van der Waals surface area contributed by atoms with Crippen LogP contribution in [0.4, 0.5) is 0 Å². The fourth-order valence-electron chi connectivity index (χ4n) is 0.922. The molecule has 0 aromatic heterocycles. The average molecular weight is 172 g/mol. The van der Waals surface area contributed by atoms with Crippen molar-refractivity contribution < 1.29 is 5.11 Å². The zero-order valence-corrected chi connectivity index (χ0v) is 7.35. The highest BCUT2D eigenvalue weighted by Gasteiger charge is 1.84. The highest BCUT2D eigenvalue weighted by molar-refractivity contribution is 5.51. The van der Waals surface area contributed by atoms with Crippen LogP contribution in [-0.4, -0.2) is 5.11 Å². The van der Waals surface area contributed by atoms with Crippen molar-refractivity contribution in [2.45, 2.75) is 0 Å². The third-order valence-corrected chi connectivity index (χ3v) is 1.53. The summed E-state index contributed by atoms with van der Waals surface area (Å²) in [6, 6.07) is 9.80. The molecule has 0 amide bonds. The number of hydrogen-bond donors (Lipinski definition) is 1. The molecule has 0 radical (unpaired) electrons. The fraction of sp³-hybridized carbons (Fsp3) is 0. The summed E-state index contributed by atoms with van der Waals surface area (Å²) in [4.78, 5) is 0. The van der Waals surface area contributed by atoms with Gasteiger partial charge in [0.2, 0.25) is 0 Å². The van der Waals surface area contributed by atoms with Crippen LogP contribution >= 0.6 is 0 Å². The molecule has 0 heterocycles. The van der Waals surface area contributed by atoms with Crippen molar-refractivity contribution >= 4 is 6.08 Å². The first-order valence-electron chi connectivity index (χ1n) is 4.08. The predicted molar refractivity (Wildman–Crippen MR) is 56.4 cm³/mol. The minimum atomic E-state index is 0.207. The van der Waals surface area contributed by atoms with Crippen molar-refractivity contribution in [2.75, 3.05) is 0 Å². The SMILES string of the molecule is C=C/C=C(O)\C=C/c1ccccc1. The number of benzene rings is 1. The van der Waals surface area contributed by atoms with Gasteiger partial charge in [-0.05, 0) is 17.7 Å². The second-order valence-corrected chi connectivity index (χ2v) is 2.57. The zero-order valence-electron chi connectivity index (χ0n) is 7.35. The largest absolute Gasteiger partial charge is 0.508 e. The molecule has 1 aromatic rings. The Labute approximate surface area is 78.3 Å². The summed E-state index contributed by atoms with van der Waals surface area (Å²) >= 11 is 0. The molecule has 13 heavy (non-hydrogen) atoms. The zero-order chi connectivity index (χ0) is 9.52. The third-order valence-electron chi connectivity index (χ3n) is 1.53. The second kappa shape index (κ2) is 4.99. The lowest BCUT2D eigenvalue weighted by Gasteiger charge is -1.91. The van der Waals surface area contributed by atoms with E-state index in [4.69, 9.17) is 0 Å². The molecular formula is C12H12O. The van der Waals surface area contributed by atoms with E-state index >= 15 is 0 Å². The monoisotopic (exact) mass is 172 g/mol. The van der Waals surface area contributed by atoms with Crippen LogP contribution in [-0.2, 0) is 0 Å². The Balaban J connectivity index is 2.69. The Kier molecular flexibility index (Phi) is 3.58. The lowest BCUT2D eigenvalue weighted by Crippen LogP contribution is -1.73. The van der Waals surface area contributed by atoms with Crippen LogP contribution in [0.15, 0.2) is 60.9 Å². The summed E-state index contributed by atoms with van der Waals surface area (Å²) in [5, 5.41) is 9.21.